The Morgan fingerprint density at radius 3 is 2.50 bits per heavy atom. The average Bonchev–Trinajstić information content (AvgIpc) is 2.69. The smallest absolute Gasteiger partial charge is 0.412 e. The number of nitrogens with one attached hydrogen (secondary N) is 3. The lowest BCUT2D eigenvalue weighted by atomic mass is 10.1. The van der Waals surface area contributed by atoms with Gasteiger partial charge >= 0.3 is 6.09 Å². The van der Waals surface area contributed by atoms with Gasteiger partial charge in [-0.25, -0.2) is 4.79 Å². The zero-order chi connectivity index (χ0) is 21.8. The highest BCUT2D eigenvalue weighted by atomic mass is 16.6. The van der Waals surface area contributed by atoms with E-state index >= 15 is 0 Å². The zero-order valence-electron chi connectivity index (χ0n) is 18.8. The molecule has 1 fully saturated rings. The Balaban J connectivity index is 1.73. The van der Waals surface area contributed by atoms with Crippen LogP contribution in [0.3, 0.4) is 0 Å². The van der Waals surface area contributed by atoms with Gasteiger partial charge < -0.3 is 20.1 Å². The van der Waals surface area contributed by atoms with E-state index in [2.05, 4.69) is 32.8 Å². The molecule has 1 saturated heterocycles. The van der Waals surface area contributed by atoms with E-state index in [1.54, 1.807) is 0 Å². The average molecular weight is 420 g/mol. The van der Waals surface area contributed by atoms with Crippen molar-refractivity contribution in [1.82, 2.24) is 15.5 Å². The fourth-order valence-electron chi connectivity index (χ4n) is 2.97. The van der Waals surface area contributed by atoms with E-state index in [0.717, 1.165) is 70.6 Å². The largest absolute Gasteiger partial charge is 0.444 e. The molecule has 0 atom stereocenters. The molecule has 3 N–H and O–H groups in total. The summed E-state index contributed by atoms with van der Waals surface area (Å²) in [4.78, 5) is 18.9. The molecule has 0 aliphatic carbocycles. The molecular weight excluding hydrogens is 382 g/mol. The van der Waals surface area contributed by atoms with Gasteiger partial charge in [-0.15, -0.1) is 0 Å². The predicted octanol–water partition coefficient (Wildman–Crippen LogP) is 2.46. The first-order valence-electron chi connectivity index (χ1n) is 10.8. The number of anilines is 1. The maximum absolute atomic E-state index is 11.8. The summed E-state index contributed by atoms with van der Waals surface area (Å²) in [5, 5.41) is 9.42. The summed E-state index contributed by atoms with van der Waals surface area (Å²) in [5.41, 5.74) is 1.39. The maximum Gasteiger partial charge on any atom is 0.412 e. The summed E-state index contributed by atoms with van der Waals surface area (Å²) in [6.45, 7) is 14.5. The van der Waals surface area contributed by atoms with Crippen LogP contribution in [0.5, 0.6) is 0 Å². The standard InChI is InChI=1S/C22H37N5O3/c1-5-23-20(25-12-13-27-14-16-29-17-15-27)24-11-10-18-6-8-19(9-7-18)26-21(28)30-22(2,3)4/h6-9H,5,10-17H2,1-4H3,(H,26,28)(H2,23,24,25). The predicted molar refractivity (Wildman–Crippen MR) is 121 cm³/mol. The Bertz CT molecular complexity index is 664. The fourth-order valence-corrected chi connectivity index (χ4v) is 2.97. The first kappa shape index (κ1) is 24.0. The van der Waals surface area contributed by atoms with Crippen LogP contribution >= 0.6 is 0 Å². The normalized spacial score (nSPS) is 15.5. The van der Waals surface area contributed by atoms with Crippen molar-refractivity contribution in [3.63, 3.8) is 0 Å². The van der Waals surface area contributed by atoms with Crippen molar-refractivity contribution >= 4 is 17.7 Å². The minimum absolute atomic E-state index is 0.444. The topological polar surface area (TPSA) is 87.2 Å². The SMILES string of the molecule is CCNC(=NCCN1CCOCC1)NCCc1ccc(NC(=O)OC(C)(C)C)cc1. The van der Waals surface area contributed by atoms with Gasteiger partial charge in [-0.1, -0.05) is 12.1 Å². The Hall–Kier alpha value is -2.32. The Morgan fingerprint density at radius 1 is 1.17 bits per heavy atom. The van der Waals surface area contributed by atoms with E-state index in [4.69, 9.17) is 9.47 Å². The summed E-state index contributed by atoms with van der Waals surface area (Å²) in [5.74, 6) is 0.842. The quantitative estimate of drug-likeness (QED) is 0.443. The van der Waals surface area contributed by atoms with Crippen molar-refractivity contribution in [2.75, 3.05) is 57.8 Å². The van der Waals surface area contributed by atoms with Crippen molar-refractivity contribution < 1.29 is 14.3 Å². The summed E-state index contributed by atoms with van der Waals surface area (Å²) in [6.07, 6.45) is 0.418. The number of morpholine rings is 1. The number of ether oxygens (including phenoxy) is 2. The number of rotatable bonds is 8. The van der Waals surface area contributed by atoms with Gasteiger partial charge in [0, 0.05) is 38.4 Å². The van der Waals surface area contributed by atoms with Gasteiger partial charge in [-0.3, -0.25) is 15.2 Å². The highest BCUT2D eigenvalue weighted by molar-refractivity contribution is 5.84. The third kappa shape index (κ3) is 9.93. The second kappa shape index (κ2) is 12.4. The van der Waals surface area contributed by atoms with Crippen molar-refractivity contribution in [2.45, 2.75) is 39.7 Å². The molecule has 1 aliphatic heterocycles. The van der Waals surface area contributed by atoms with Crippen molar-refractivity contribution in [3.8, 4) is 0 Å². The Kier molecular flexibility index (Phi) is 9.89. The van der Waals surface area contributed by atoms with Crippen LogP contribution < -0.4 is 16.0 Å². The first-order chi connectivity index (χ1) is 14.4. The van der Waals surface area contributed by atoms with Gasteiger partial charge in [0.1, 0.15) is 5.60 Å². The van der Waals surface area contributed by atoms with Crippen LogP contribution in [0.1, 0.15) is 33.3 Å². The molecule has 2 rings (SSSR count). The number of amides is 1. The molecule has 0 bridgehead atoms. The molecule has 168 valence electrons. The Morgan fingerprint density at radius 2 is 1.87 bits per heavy atom. The molecule has 0 unspecified atom stereocenters. The lowest BCUT2D eigenvalue weighted by molar-refractivity contribution is 0.0394. The molecule has 1 aromatic carbocycles. The van der Waals surface area contributed by atoms with Crippen LogP contribution in [0, 0.1) is 0 Å². The van der Waals surface area contributed by atoms with Gasteiger partial charge in [0.15, 0.2) is 5.96 Å². The van der Waals surface area contributed by atoms with Crippen LogP contribution in [0.4, 0.5) is 10.5 Å². The van der Waals surface area contributed by atoms with E-state index in [9.17, 15) is 4.79 Å². The molecule has 0 radical (unpaired) electrons. The molecular formula is C22H37N5O3. The van der Waals surface area contributed by atoms with E-state index in [0.29, 0.717) is 0 Å². The monoisotopic (exact) mass is 419 g/mol. The van der Waals surface area contributed by atoms with Crippen LogP contribution in [0.25, 0.3) is 0 Å². The minimum atomic E-state index is -0.510. The van der Waals surface area contributed by atoms with Gasteiger partial charge in [0.25, 0.3) is 0 Å². The molecule has 30 heavy (non-hydrogen) atoms. The summed E-state index contributed by atoms with van der Waals surface area (Å²) >= 11 is 0. The first-order valence-corrected chi connectivity index (χ1v) is 10.8. The highest BCUT2D eigenvalue weighted by Gasteiger charge is 2.16. The summed E-state index contributed by atoms with van der Waals surface area (Å²) in [6, 6.07) is 7.80. The number of hydrogen-bond donors (Lipinski definition) is 3. The number of carbonyl (C=O) groups is 1. The van der Waals surface area contributed by atoms with Gasteiger partial charge in [0.2, 0.25) is 0 Å². The third-order valence-corrected chi connectivity index (χ3v) is 4.44. The molecule has 0 spiro atoms. The lowest BCUT2D eigenvalue weighted by Crippen LogP contribution is -2.40. The molecule has 1 aliphatic rings. The Labute approximate surface area is 180 Å². The second-order valence-electron chi connectivity index (χ2n) is 8.22. The number of benzene rings is 1. The number of nitrogens with zero attached hydrogens (tertiary/aromatic N) is 2. The molecule has 8 nitrogen and oxygen atoms in total. The number of aliphatic imine (C=N–C) groups is 1. The number of carbonyl (C=O) groups excluding carboxylic acids is 1. The van der Waals surface area contributed by atoms with Crippen molar-refractivity contribution in [3.05, 3.63) is 29.8 Å². The lowest BCUT2D eigenvalue weighted by Gasteiger charge is -2.25. The van der Waals surface area contributed by atoms with Crippen molar-refractivity contribution in [1.29, 1.82) is 0 Å². The molecule has 0 saturated carbocycles. The number of guanidine groups is 1. The minimum Gasteiger partial charge on any atom is -0.444 e. The van der Waals surface area contributed by atoms with Crippen LogP contribution in [0.15, 0.2) is 29.3 Å². The summed E-state index contributed by atoms with van der Waals surface area (Å²) < 4.78 is 10.6. The molecule has 0 aromatic heterocycles. The second-order valence-corrected chi connectivity index (χ2v) is 8.22. The van der Waals surface area contributed by atoms with E-state index < -0.39 is 11.7 Å². The van der Waals surface area contributed by atoms with Crippen LogP contribution in [-0.2, 0) is 15.9 Å². The number of hydrogen-bond acceptors (Lipinski definition) is 5. The highest BCUT2D eigenvalue weighted by Crippen LogP contribution is 2.13. The van der Waals surface area contributed by atoms with Gasteiger partial charge in [0.05, 0.1) is 19.8 Å². The molecule has 1 aromatic rings. The zero-order valence-corrected chi connectivity index (χ0v) is 18.8. The van der Waals surface area contributed by atoms with Crippen LogP contribution in [-0.4, -0.2) is 75.0 Å². The molecule has 8 heteroatoms. The van der Waals surface area contributed by atoms with E-state index in [1.807, 2.05) is 45.0 Å². The van der Waals surface area contributed by atoms with E-state index in [1.165, 1.54) is 5.56 Å². The molecule has 1 amide bonds. The van der Waals surface area contributed by atoms with E-state index in [-0.39, 0.29) is 0 Å². The summed E-state index contributed by atoms with van der Waals surface area (Å²) in [7, 11) is 0. The molecule has 1 heterocycles. The maximum atomic E-state index is 11.8. The van der Waals surface area contributed by atoms with Gasteiger partial charge in [-0.05, 0) is 51.8 Å². The van der Waals surface area contributed by atoms with Crippen molar-refractivity contribution in [2.24, 2.45) is 4.99 Å². The third-order valence-electron chi connectivity index (χ3n) is 4.44. The van der Waals surface area contributed by atoms with Gasteiger partial charge in [-0.2, -0.15) is 0 Å². The fraction of sp³-hybridized carbons (Fsp3) is 0.636. The van der Waals surface area contributed by atoms with Crippen LogP contribution in [0.2, 0.25) is 0 Å².